The van der Waals surface area contributed by atoms with E-state index in [9.17, 15) is 0 Å². The summed E-state index contributed by atoms with van der Waals surface area (Å²) in [6.45, 7) is 0.939. The van der Waals surface area contributed by atoms with Crippen LogP contribution in [0.1, 0.15) is 32.1 Å². The average molecular weight is 185 g/mol. The van der Waals surface area contributed by atoms with Crippen LogP contribution in [0.15, 0.2) is 0 Å². The minimum Gasteiger partial charge on any atom is -0.330 e. The second-order valence-corrected chi connectivity index (χ2v) is 5.64. The molecule has 0 amide bonds. The van der Waals surface area contributed by atoms with E-state index >= 15 is 0 Å². The van der Waals surface area contributed by atoms with Crippen molar-refractivity contribution in [3.8, 4) is 0 Å². The molecule has 1 aliphatic carbocycles. The van der Waals surface area contributed by atoms with Crippen molar-refractivity contribution in [2.75, 3.05) is 18.1 Å². The molecule has 1 nitrogen and oxygen atoms in total. The Morgan fingerprint density at radius 2 is 2.25 bits per heavy atom. The first kappa shape index (κ1) is 8.89. The summed E-state index contributed by atoms with van der Waals surface area (Å²) in [5, 5.41) is 0. The highest BCUT2D eigenvalue weighted by atomic mass is 32.2. The van der Waals surface area contributed by atoms with Crippen LogP contribution in [-0.2, 0) is 0 Å². The molecule has 2 aliphatic rings. The van der Waals surface area contributed by atoms with Gasteiger partial charge in [0.05, 0.1) is 0 Å². The minimum absolute atomic E-state index is 0.614. The summed E-state index contributed by atoms with van der Waals surface area (Å²) in [4.78, 5) is 0. The van der Waals surface area contributed by atoms with Crippen LogP contribution in [0.4, 0.5) is 0 Å². The Morgan fingerprint density at radius 3 is 2.75 bits per heavy atom. The molecule has 1 atom stereocenters. The maximum absolute atomic E-state index is 5.78. The first-order chi connectivity index (χ1) is 5.85. The molecule has 1 aliphatic heterocycles. The van der Waals surface area contributed by atoms with Crippen molar-refractivity contribution in [3.05, 3.63) is 0 Å². The van der Waals surface area contributed by atoms with Gasteiger partial charge in [-0.1, -0.05) is 0 Å². The lowest BCUT2D eigenvalue weighted by Gasteiger charge is -2.25. The number of thioether (sulfide) groups is 1. The van der Waals surface area contributed by atoms with Gasteiger partial charge in [0, 0.05) is 0 Å². The van der Waals surface area contributed by atoms with Crippen LogP contribution in [0.25, 0.3) is 0 Å². The molecule has 0 aromatic rings. The highest BCUT2D eigenvalue weighted by molar-refractivity contribution is 7.99. The Hall–Kier alpha value is 0.310. The van der Waals surface area contributed by atoms with E-state index < -0.39 is 0 Å². The van der Waals surface area contributed by atoms with Crippen molar-refractivity contribution in [3.63, 3.8) is 0 Å². The zero-order valence-corrected chi connectivity index (χ0v) is 8.54. The summed E-state index contributed by atoms with van der Waals surface area (Å²) in [5.41, 5.74) is 6.39. The highest BCUT2D eigenvalue weighted by Gasteiger charge is 2.42. The molecule has 2 heteroatoms. The van der Waals surface area contributed by atoms with Gasteiger partial charge in [-0.3, -0.25) is 0 Å². The molecule has 0 radical (unpaired) electrons. The van der Waals surface area contributed by atoms with E-state index in [0.29, 0.717) is 5.41 Å². The van der Waals surface area contributed by atoms with Gasteiger partial charge >= 0.3 is 0 Å². The third-order valence-corrected chi connectivity index (χ3v) is 4.65. The van der Waals surface area contributed by atoms with Crippen molar-refractivity contribution in [2.24, 2.45) is 17.1 Å². The van der Waals surface area contributed by atoms with Crippen LogP contribution in [0.5, 0.6) is 0 Å². The van der Waals surface area contributed by atoms with Crippen molar-refractivity contribution >= 4 is 11.8 Å². The van der Waals surface area contributed by atoms with Crippen LogP contribution >= 0.6 is 11.8 Å². The van der Waals surface area contributed by atoms with Gasteiger partial charge in [-0.05, 0) is 61.5 Å². The molecule has 70 valence electrons. The van der Waals surface area contributed by atoms with Gasteiger partial charge in [0.1, 0.15) is 0 Å². The van der Waals surface area contributed by atoms with Crippen molar-refractivity contribution in [1.29, 1.82) is 0 Å². The third kappa shape index (κ3) is 1.97. The largest absolute Gasteiger partial charge is 0.330 e. The number of hydrogen-bond donors (Lipinski definition) is 1. The highest BCUT2D eigenvalue weighted by Crippen LogP contribution is 2.51. The van der Waals surface area contributed by atoms with Crippen molar-refractivity contribution < 1.29 is 0 Å². The van der Waals surface area contributed by atoms with Crippen LogP contribution < -0.4 is 5.73 Å². The second kappa shape index (κ2) is 3.59. The Kier molecular flexibility index (Phi) is 2.66. The molecule has 0 aromatic carbocycles. The Balaban J connectivity index is 1.77. The molecule has 1 saturated carbocycles. The SMILES string of the molecule is NCC1(CC2CCCSC2)CC1. The van der Waals surface area contributed by atoms with E-state index in [0.717, 1.165) is 12.5 Å². The van der Waals surface area contributed by atoms with Gasteiger partial charge < -0.3 is 5.73 Å². The van der Waals surface area contributed by atoms with Gasteiger partial charge in [0.2, 0.25) is 0 Å². The molecule has 12 heavy (non-hydrogen) atoms. The predicted molar refractivity (Wildman–Crippen MR) is 55.4 cm³/mol. The predicted octanol–water partition coefficient (Wildman–Crippen LogP) is 2.26. The summed E-state index contributed by atoms with van der Waals surface area (Å²) < 4.78 is 0. The Morgan fingerprint density at radius 1 is 1.42 bits per heavy atom. The molecular formula is C10H19NS. The third-order valence-electron chi connectivity index (χ3n) is 3.37. The van der Waals surface area contributed by atoms with Gasteiger partial charge in [0.25, 0.3) is 0 Å². The minimum atomic E-state index is 0.614. The molecule has 1 heterocycles. The second-order valence-electron chi connectivity index (χ2n) is 4.49. The zero-order valence-electron chi connectivity index (χ0n) is 7.72. The monoisotopic (exact) mass is 185 g/mol. The molecule has 2 fully saturated rings. The van der Waals surface area contributed by atoms with Crippen LogP contribution in [-0.4, -0.2) is 18.1 Å². The molecule has 0 bridgehead atoms. The van der Waals surface area contributed by atoms with Crippen LogP contribution in [0.3, 0.4) is 0 Å². The molecular weight excluding hydrogens is 166 g/mol. The van der Waals surface area contributed by atoms with E-state index in [1.54, 1.807) is 0 Å². The number of rotatable bonds is 3. The molecule has 2 rings (SSSR count). The fraction of sp³-hybridized carbons (Fsp3) is 1.00. The fourth-order valence-corrected chi connectivity index (χ4v) is 3.40. The van der Waals surface area contributed by atoms with E-state index in [1.807, 2.05) is 0 Å². The van der Waals surface area contributed by atoms with Crippen LogP contribution in [0, 0.1) is 11.3 Å². The summed E-state index contributed by atoms with van der Waals surface area (Å²) in [7, 11) is 0. The first-order valence-electron chi connectivity index (χ1n) is 5.12. The lowest BCUT2D eigenvalue weighted by atomic mass is 9.90. The molecule has 1 saturated heterocycles. The van der Waals surface area contributed by atoms with E-state index in [4.69, 9.17) is 5.73 Å². The van der Waals surface area contributed by atoms with E-state index in [-0.39, 0.29) is 0 Å². The summed E-state index contributed by atoms with van der Waals surface area (Å²) in [6, 6.07) is 0. The smallest absolute Gasteiger partial charge is 0.00204 e. The summed E-state index contributed by atoms with van der Waals surface area (Å²) >= 11 is 2.14. The van der Waals surface area contributed by atoms with Gasteiger partial charge in [-0.25, -0.2) is 0 Å². The summed E-state index contributed by atoms with van der Waals surface area (Å²) in [5.74, 6) is 3.79. The van der Waals surface area contributed by atoms with E-state index in [2.05, 4.69) is 11.8 Å². The van der Waals surface area contributed by atoms with Gasteiger partial charge in [-0.15, -0.1) is 0 Å². The quantitative estimate of drug-likeness (QED) is 0.730. The standard InChI is InChI=1S/C10H19NS/c11-8-10(3-4-10)6-9-2-1-5-12-7-9/h9H,1-8,11H2. The maximum Gasteiger partial charge on any atom is -0.00204 e. The Labute approximate surface area is 79.5 Å². The lowest BCUT2D eigenvalue weighted by Crippen LogP contribution is -2.22. The van der Waals surface area contributed by atoms with Gasteiger partial charge in [0.15, 0.2) is 0 Å². The van der Waals surface area contributed by atoms with Crippen molar-refractivity contribution in [2.45, 2.75) is 32.1 Å². The molecule has 1 unspecified atom stereocenters. The van der Waals surface area contributed by atoms with Crippen molar-refractivity contribution in [1.82, 2.24) is 0 Å². The average Bonchev–Trinajstić information content (AvgIpc) is 2.88. The maximum atomic E-state index is 5.78. The fourth-order valence-electron chi connectivity index (χ4n) is 2.25. The van der Waals surface area contributed by atoms with E-state index in [1.165, 1.54) is 43.6 Å². The molecule has 0 aromatic heterocycles. The van der Waals surface area contributed by atoms with Gasteiger partial charge in [-0.2, -0.15) is 11.8 Å². The lowest BCUT2D eigenvalue weighted by molar-refractivity contribution is 0.360. The number of hydrogen-bond acceptors (Lipinski definition) is 2. The summed E-state index contributed by atoms with van der Waals surface area (Å²) in [6.07, 6.45) is 7.15. The van der Waals surface area contributed by atoms with Crippen LogP contribution in [0.2, 0.25) is 0 Å². The first-order valence-corrected chi connectivity index (χ1v) is 6.28. The topological polar surface area (TPSA) is 26.0 Å². The number of nitrogens with two attached hydrogens (primary N) is 1. The molecule has 2 N–H and O–H groups in total. The zero-order chi connectivity index (χ0) is 8.44. The normalized spacial score (nSPS) is 33.2. The Bertz CT molecular complexity index is 148. The molecule has 0 spiro atoms.